The summed E-state index contributed by atoms with van der Waals surface area (Å²) in [7, 11) is 0. The number of carbonyl (C=O) groups is 4. The van der Waals surface area contributed by atoms with Gasteiger partial charge in [-0.3, -0.25) is 19.2 Å². The van der Waals surface area contributed by atoms with Crippen molar-refractivity contribution in [2.24, 2.45) is 0 Å². The van der Waals surface area contributed by atoms with Crippen molar-refractivity contribution in [1.82, 2.24) is 0 Å². The van der Waals surface area contributed by atoms with Crippen molar-refractivity contribution in [2.75, 3.05) is 0 Å². The van der Waals surface area contributed by atoms with Crippen LogP contribution in [-0.4, -0.2) is 54.6 Å². The summed E-state index contributed by atoms with van der Waals surface area (Å²) in [5, 5.41) is 0. The molecule has 1 heterocycles. The van der Waals surface area contributed by atoms with Gasteiger partial charge in [0.05, 0.1) is 0 Å². The highest BCUT2D eigenvalue weighted by atomic mass is 16.7. The van der Waals surface area contributed by atoms with Gasteiger partial charge in [-0.2, -0.15) is 0 Å². The first kappa shape index (κ1) is 19.9. The van der Waals surface area contributed by atoms with Crippen LogP contribution < -0.4 is 0 Å². The molecule has 1 rings (SSSR count). The lowest BCUT2D eigenvalue weighted by Gasteiger charge is -2.43. The standard InChI is InChI=1S/C15H22O9/c1-6-11-12(20-7(2)16)13(21-8(3)17)14(22-9(4)18)15(24-11)23-10(5)19/h11-15H,6H2,1-5H3/t11-,12-,13+,14-,15?/m0/s1. The van der Waals surface area contributed by atoms with E-state index in [2.05, 4.69) is 0 Å². The Labute approximate surface area is 139 Å². The third kappa shape index (κ3) is 5.48. The van der Waals surface area contributed by atoms with Gasteiger partial charge in [-0.15, -0.1) is 0 Å². The molecule has 0 aromatic rings. The maximum atomic E-state index is 11.4. The van der Waals surface area contributed by atoms with Gasteiger partial charge in [0.1, 0.15) is 6.10 Å². The Hall–Kier alpha value is -2.16. The Morgan fingerprint density at radius 3 is 1.54 bits per heavy atom. The maximum Gasteiger partial charge on any atom is 0.305 e. The van der Waals surface area contributed by atoms with Crippen molar-refractivity contribution < 1.29 is 42.9 Å². The van der Waals surface area contributed by atoms with Gasteiger partial charge in [-0.1, -0.05) is 6.92 Å². The predicted octanol–water partition coefficient (Wildman–Crippen LogP) is 0.479. The van der Waals surface area contributed by atoms with Crippen LogP contribution in [-0.2, 0) is 42.9 Å². The summed E-state index contributed by atoms with van der Waals surface area (Å²) in [5.74, 6) is -2.66. The predicted molar refractivity (Wildman–Crippen MR) is 77.4 cm³/mol. The van der Waals surface area contributed by atoms with E-state index in [1.807, 2.05) is 0 Å². The fraction of sp³-hybridized carbons (Fsp3) is 0.733. The van der Waals surface area contributed by atoms with E-state index < -0.39 is 54.6 Å². The first-order valence-electron chi connectivity index (χ1n) is 7.50. The highest BCUT2D eigenvalue weighted by molar-refractivity contribution is 5.69. The molecule has 1 aliphatic rings. The van der Waals surface area contributed by atoms with Gasteiger partial charge in [0.2, 0.25) is 12.4 Å². The molecule has 1 fully saturated rings. The SMILES string of the molecule is CC[C@@H]1OC(OC(C)=O)[C@@H](OC(C)=O)[C@H](OC(C)=O)[C@H]1OC(C)=O. The van der Waals surface area contributed by atoms with Crippen molar-refractivity contribution in [3.8, 4) is 0 Å². The summed E-state index contributed by atoms with van der Waals surface area (Å²) in [4.78, 5) is 45.5. The van der Waals surface area contributed by atoms with Crippen LogP contribution in [0.3, 0.4) is 0 Å². The Bertz CT molecular complexity index is 501. The zero-order valence-corrected chi connectivity index (χ0v) is 14.3. The average Bonchev–Trinajstić information content (AvgIpc) is 2.42. The van der Waals surface area contributed by atoms with Crippen LogP contribution in [0.4, 0.5) is 0 Å². The molecule has 0 radical (unpaired) electrons. The minimum absolute atomic E-state index is 0.375. The molecular formula is C15H22O9. The molecule has 0 aromatic heterocycles. The lowest BCUT2D eigenvalue weighted by molar-refractivity contribution is -0.296. The van der Waals surface area contributed by atoms with Crippen molar-refractivity contribution in [3.63, 3.8) is 0 Å². The molecule has 0 bridgehead atoms. The largest absolute Gasteiger partial charge is 0.456 e. The van der Waals surface area contributed by atoms with E-state index in [-0.39, 0.29) is 0 Å². The van der Waals surface area contributed by atoms with Crippen molar-refractivity contribution in [1.29, 1.82) is 0 Å². The normalized spacial score (nSPS) is 29.3. The number of rotatable bonds is 5. The van der Waals surface area contributed by atoms with Crippen molar-refractivity contribution >= 4 is 23.9 Å². The molecule has 1 saturated heterocycles. The van der Waals surface area contributed by atoms with Crippen LogP contribution >= 0.6 is 0 Å². The molecule has 0 amide bonds. The van der Waals surface area contributed by atoms with Gasteiger partial charge in [0.25, 0.3) is 0 Å². The van der Waals surface area contributed by atoms with Gasteiger partial charge in [-0.25, -0.2) is 0 Å². The van der Waals surface area contributed by atoms with E-state index in [9.17, 15) is 19.2 Å². The first-order valence-corrected chi connectivity index (χ1v) is 7.50. The van der Waals surface area contributed by atoms with Crippen LogP contribution in [0.5, 0.6) is 0 Å². The second-order valence-corrected chi connectivity index (χ2v) is 5.28. The molecule has 136 valence electrons. The first-order chi connectivity index (χ1) is 11.1. The highest BCUT2D eigenvalue weighted by Crippen LogP contribution is 2.30. The van der Waals surface area contributed by atoms with Crippen LogP contribution in [0.15, 0.2) is 0 Å². The average molecular weight is 346 g/mol. The van der Waals surface area contributed by atoms with E-state index >= 15 is 0 Å². The zero-order chi connectivity index (χ0) is 18.4. The van der Waals surface area contributed by atoms with Crippen LogP contribution in [0, 0.1) is 0 Å². The molecule has 1 unspecified atom stereocenters. The molecule has 0 spiro atoms. The van der Waals surface area contributed by atoms with Crippen LogP contribution in [0.2, 0.25) is 0 Å². The fourth-order valence-electron chi connectivity index (χ4n) is 2.44. The third-order valence-electron chi connectivity index (χ3n) is 3.18. The molecule has 0 N–H and O–H groups in total. The van der Waals surface area contributed by atoms with Gasteiger partial charge in [-0.05, 0) is 6.42 Å². The van der Waals surface area contributed by atoms with Crippen LogP contribution in [0.25, 0.3) is 0 Å². The summed E-state index contributed by atoms with van der Waals surface area (Å²) in [5.41, 5.74) is 0. The second-order valence-electron chi connectivity index (χ2n) is 5.28. The Morgan fingerprint density at radius 2 is 1.12 bits per heavy atom. The minimum atomic E-state index is -1.28. The molecular weight excluding hydrogens is 324 g/mol. The smallest absolute Gasteiger partial charge is 0.305 e. The number of carbonyl (C=O) groups excluding carboxylic acids is 4. The van der Waals surface area contributed by atoms with E-state index in [0.29, 0.717) is 6.42 Å². The number of hydrogen-bond acceptors (Lipinski definition) is 9. The van der Waals surface area contributed by atoms with Gasteiger partial charge >= 0.3 is 23.9 Å². The van der Waals surface area contributed by atoms with Crippen molar-refractivity contribution in [2.45, 2.75) is 71.7 Å². The number of hydrogen-bond donors (Lipinski definition) is 0. The Kier molecular flexibility index (Phi) is 7.15. The highest BCUT2D eigenvalue weighted by Gasteiger charge is 2.52. The quantitative estimate of drug-likeness (QED) is 0.518. The molecule has 9 heteroatoms. The molecule has 24 heavy (non-hydrogen) atoms. The van der Waals surface area contributed by atoms with Gasteiger partial charge in [0, 0.05) is 27.7 Å². The maximum absolute atomic E-state index is 11.4. The van der Waals surface area contributed by atoms with E-state index in [0.717, 1.165) is 20.8 Å². The van der Waals surface area contributed by atoms with Crippen LogP contribution in [0.1, 0.15) is 41.0 Å². The summed E-state index contributed by atoms with van der Waals surface area (Å²) in [6.07, 6.45) is -5.06. The summed E-state index contributed by atoms with van der Waals surface area (Å²) < 4.78 is 26.1. The molecule has 0 saturated carbocycles. The lowest BCUT2D eigenvalue weighted by Crippen LogP contribution is -2.61. The van der Waals surface area contributed by atoms with Gasteiger partial charge in [0.15, 0.2) is 12.2 Å². The van der Waals surface area contributed by atoms with Crippen molar-refractivity contribution in [3.05, 3.63) is 0 Å². The summed E-state index contributed by atoms with van der Waals surface area (Å²) >= 11 is 0. The topological polar surface area (TPSA) is 114 Å². The summed E-state index contributed by atoms with van der Waals surface area (Å²) in [6, 6.07) is 0. The third-order valence-corrected chi connectivity index (χ3v) is 3.18. The number of esters is 4. The van der Waals surface area contributed by atoms with E-state index in [1.54, 1.807) is 6.92 Å². The minimum Gasteiger partial charge on any atom is -0.456 e. The molecule has 5 atom stereocenters. The number of ether oxygens (including phenoxy) is 5. The second kappa shape index (κ2) is 8.62. The zero-order valence-electron chi connectivity index (χ0n) is 14.3. The summed E-state index contributed by atoms with van der Waals surface area (Å²) in [6.45, 7) is 6.41. The lowest BCUT2D eigenvalue weighted by atomic mass is 9.96. The fourth-order valence-corrected chi connectivity index (χ4v) is 2.44. The molecule has 1 aliphatic heterocycles. The molecule has 0 aliphatic carbocycles. The molecule has 9 nitrogen and oxygen atoms in total. The molecule has 0 aromatic carbocycles. The Morgan fingerprint density at radius 1 is 0.708 bits per heavy atom. The van der Waals surface area contributed by atoms with E-state index in [1.165, 1.54) is 6.92 Å². The Balaban J connectivity index is 3.23. The van der Waals surface area contributed by atoms with E-state index in [4.69, 9.17) is 23.7 Å². The van der Waals surface area contributed by atoms with Gasteiger partial charge < -0.3 is 23.7 Å². The monoisotopic (exact) mass is 346 g/mol.